The van der Waals surface area contributed by atoms with E-state index in [4.69, 9.17) is 4.98 Å². The number of pyridine rings is 1. The molecule has 3 heteroatoms. The third kappa shape index (κ3) is 3.14. The molecule has 1 aliphatic carbocycles. The Balaban J connectivity index is 1.72. The van der Waals surface area contributed by atoms with Crippen LogP contribution in [0.3, 0.4) is 0 Å². The number of nitrogens with one attached hydrogen (secondary N) is 1. The van der Waals surface area contributed by atoms with Crippen LogP contribution in [0.2, 0.25) is 0 Å². The fourth-order valence-electron chi connectivity index (χ4n) is 3.53. The zero-order valence-corrected chi connectivity index (χ0v) is 12.7. The second kappa shape index (κ2) is 6.57. The molecule has 3 rings (SSSR count). The van der Waals surface area contributed by atoms with E-state index in [1.807, 2.05) is 0 Å². The lowest BCUT2D eigenvalue weighted by molar-refractivity contribution is 0.372. The van der Waals surface area contributed by atoms with Crippen molar-refractivity contribution in [1.29, 1.82) is 0 Å². The number of fused-ring (bicyclic) bond motifs is 1. The van der Waals surface area contributed by atoms with Gasteiger partial charge >= 0.3 is 0 Å². The maximum Gasteiger partial charge on any atom is 0.128 e. The Labute approximate surface area is 122 Å². The van der Waals surface area contributed by atoms with Crippen LogP contribution in [0, 0.1) is 5.92 Å². The van der Waals surface area contributed by atoms with Crippen molar-refractivity contribution >= 4 is 5.82 Å². The third-order valence-corrected chi connectivity index (χ3v) is 4.67. The van der Waals surface area contributed by atoms with Gasteiger partial charge in [0.05, 0.1) is 0 Å². The summed E-state index contributed by atoms with van der Waals surface area (Å²) in [6, 6.07) is 4.57. The molecule has 2 aliphatic rings. The van der Waals surface area contributed by atoms with Gasteiger partial charge in [-0.1, -0.05) is 13.0 Å². The van der Waals surface area contributed by atoms with Crippen molar-refractivity contribution < 1.29 is 0 Å². The van der Waals surface area contributed by atoms with E-state index in [1.54, 1.807) is 0 Å². The number of hydrogen-bond donors (Lipinski definition) is 1. The van der Waals surface area contributed by atoms with Crippen molar-refractivity contribution in [1.82, 2.24) is 10.3 Å². The van der Waals surface area contributed by atoms with Crippen molar-refractivity contribution in [3.8, 4) is 0 Å². The monoisotopic (exact) mass is 273 g/mol. The number of aromatic nitrogens is 1. The van der Waals surface area contributed by atoms with Gasteiger partial charge in [-0.2, -0.15) is 0 Å². The summed E-state index contributed by atoms with van der Waals surface area (Å²) < 4.78 is 0. The Kier molecular flexibility index (Phi) is 4.56. The number of aryl methyl sites for hydroxylation is 2. The summed E-state index contributed by atoms with van der Waals surface area (Å²) in [6.07, 6.45) is 7.51. The van der Waals surface area contributed by atoms with E-state index >= 15 is 0 Å². The van der Waals surface area contributed by atoms with E-state index in [9.17, 15) is 0 Å². The van der Waals surface area contributed by atoms with Gasteiger partial charge in [-0.3, -0.25) is 0 Å². The molecule has 1 saturated heterocycles. The fraction of sp³-hybridized carbons (Fsp3) is 0.706. The molecule has 0 bridgehead atoms. The minimum absolute atomic E-state index is 0.831. The van der Waals surface area contributed by atoms with Crippen molar-refractivity contribution in [2.75, 3.05) is 31.1 Å². The number of anilines is 1. The first-order valence-corrected chi connectivity index (χ1v) is 8.31. The standard InChI is InChI=1S/C17H27N3/c1-2-12-20(13-14-8-10-18-11-9-14)17-7-6-15-4-3-5-16(15)19-17/h6-7,14,18H,2-5,8-13H2,1H3. The molecule has 20 heavy (non-hydrogen) atoms. The van der Waals surface area contributed by atoms with Gasteiger partial charge in [0.25, 0.3) is 0 Å². The average Bonchev–Trinajstić information content (AvgIpc) is 2.95. The predicted octanol–water partition coefficient (Wildman–Crippen LogP) is 2.79. The van der Waals surface area contributed by atoms with E-state index in [2.05, 4.69) is 29.3 Å². The highest BCUT2D eigenvalue weighted by Gasteiger charge is 2.19. The summed E-state index contributed by atoms with van der Waals surface area (Å²) in [6.45, 7) is 6.95. The van der Waals surface area contributed by atoms with Crippen LogP contribution in [0.5, 0.6) is 0 Å². The van der Waals surface area contributed by atoms with Crippen LogP contribution in [0.1, 0.15) is 43.9 Å². The molecule has 0 spiro atoms. The van der Waals surface area contributed by atoms with Gasteiger partial charge in [0.15, 0.2) is 0 Å². The summed E-state index contributed by atoms with van der Waals surface area (Å²) >= 11 is 0. The van der Waals surface area contributed by atoms with Crippen molar-refractivity contribution in [3.05, 3.63) is 23.4 Å². The second-order valence-electron chi connectivity index (χ2n) is 6.27. The van der Waals surface area contributed by atoms with Crippen LogP contribution in [-0.2, 0) is 12.8 Å². The molecular formula is C17H27N3. The number of hydrogen-bond acceptors (Lipinski definition) is 3. The third-order valence-electron chi connectivity index (χ3n) is 4.67. The predicted molar refractivity (Wildman–Crippen MR) is 84.4 cm³/mol. The maximum absolute atomic E-state index is 4.95. The molecular weight excluding hydrogens is 246 g/mol. The Hall–Kier alpha value is -1.09. The lowest BCUT2D eigenvalue weighted by Crippen LogP contribution is -2.37. The molecule has 3 nitrogen and oxygen atoms in total. The highest BCUT2D eigenvalue weighted by atomic mass is 15.2. The van der Waals surface area contributed by atoms with Gasteiger partial charge in [-0.05, 0) is 69.2 Å². The molecule has 110 valence electrons. The molecule has 0 saturated carbocycles. The van der Waals surface area contributed by atoms with Gasteiger partial charge in [-0.25, -0.2) is 4.98 Å². The highest BCUT2D eigenvalue weighted by molar-refractivity contribution is 5.43. The van der Waals surface area contributed by atoms with Crippen LogP contribution in [0.15, 0.2) is 12.1 Å². The Morgan fingerprint density at radius 3 is 2.90 bits per heavy atom. The van der Waals surface area contributed by atoms with Crippen LogP contribution in [0.25, 0.3) is 0 Å². The summed E-state index contributed by atoms with van der Waals surface area (Å²) in [4.78, 5) is 7.47. The van der Waals surface area contributed by atoms with E-state index < -0.39 is 0 Å². The Bertz CT molecular complexity index is 438. The number of nitrogens with zero attached hydrogens (tertiary/aromatic N) is 2. The van der Waals surface area contributed by atoms with E-state index in [1.165, 1.54) is 75.2 Å². The highest BCUT2D eigenvalue weighted by Crippen LogP contribution is 2.25. The molecule has 0 amide bonds. The maximum atomic E-state index is 4.95. The number of rotatable bonds is 5. The smallest absolute Gasteiger partial charge is 0.128 e. The van der Waals surface area contributed by atoms with E-state index in [-0.39, 0.29) is 0 Å². The molecule has 2 heterocycles. The molecule has 0 radical (unpaired) electrons. The SMILES string of the molecule is CCCN(CC1CCNCC1)c1ccc2c(n1)CCC2. The zero-order chi connectivity index (χ0) is 13.8. The van der Waals surface area contributed by atoms with Crippen LogP contribution in [-0.4, -0.2) is 31.2 Å². The summed E-state index contributed by atoms with van der Waals surface area (Å²) in [5.41, 5.74) is 2.83. The number of piperidine rings is 1. The fourth-order valence-corrected chi connectivity index (χ4v) is 3.53. The topological polar surface area (TPSA) is 28.2 Å². The Morgan fingerprint density at radius 1 is 1.25 bits per heavy atom. The van der Waals surface area contributed by atoms with Gasteiger partial charge in [0.1, 0.15) is 5.82 Å². The molecule has 1 aromatic heterocycles. The molecule has 0 unspecified atom stereocenters. The first-order valence-electron chi connectivity index (χ1n) is 8.31. The minimum atomic E-state index is 0.831. The van der Waals surface area contributed by atoms with Crippen molar-refractivity contribution in [3.63, 3.8) is 0 Å². The van der Waals surface area contributed by atoms with Gasteiger partial charge < -0.3 is 10.2 Å². The first-order chi connectivity index (χ1) is 9.86. The van der Waals surface area contributed by atoms with Crippen LogP contribution in [0.4, 0.5) is 5.82 Å². The lowest BCUT2D eigenvalue weighted by atomic mass is 9.97. The summed E-state index contributed by atoms with van der Waals surface area (Å²) in [5, 5.41) is 3.46. The quantitative estimate of drug-likeness (QED) is 0.894. The van der Waals surface area contributed by atoms with Crippen molar-refractivity contribution in [2.24, 2.45) is 5.92 Å². The minimum Gasteiger partial charge on any atom is -0.356 e. The summed E-state index contributed by atoms with van der Waals surface area (Å²) in [5.74, 6) is 2.05. The van der Waals surface area contributed by atoms with Crippen molar-refractivity contribution in [2.45, 2.75) is 45.4 Å². The van der Waals surface area contributed by atoms with Gasteiger partial charge in [0.2, 0.25) is 0 Å². The molecule has 1 fully saturated rings. The largest absolute Gasteiger partial charge is 0.356 e. The molecule has 0 aromatic carbocycles. The van der Waals surface area contributed by atoms with Gasteiger partial charge in [-0.15, -0.1) is 0 Å². The zero-order valence-electron chi connectivity index (χ0n) is 12.7. The normalized spacial score (nSPS) is 19.1. The van der Waals surface area contributed by atoms with E-state index in [0.29, 0.717) is 0 Å². The molecule has 0 atom stereocenters. The van der Waals surface area contributed by atoms with Crippen LogP contribution >= 0.6 is 0 Å². The molecule has 1 aromatic rings. The second-order valence-corrected chi connectivity index (χ2v) is 6.27. The Morgan fingerprint density at radius 2 is 2.10 bits per heavy atom. The van der Waals surface area contributed by atoms with E-state index in [0.717, 1.165) is 12.5 Å². The first kappa shape index (κ1) is 13.9. The lowest BCUT2D eigenvalue weighted by Gasteiger charge is -2.31. The van der Waals surface area contributed by atoms with Gasteiger partial charge in [0, 0.05) is 18.8 Å². The molecule has 1 N–H and O–H groups in total. The summed E-state index contributed by atoms with van der Waals surface area (Å²) in [7, 11) is 0. The van der Waals surface area contributed by atoms with Crippen LogP contribution < -0.4 is 10.2 Å². The average molecular weight is 273 g/mol. The molecule has 1 aliphatic heterocycles.